The zero-order chi connectivity index (χ0) is 14.8. The highest BCUT2D eigenvalue weighted by Gasteiger charge is 2.45. The number of rotatable bonds is 4. The fraction of sp³-hybridized carbons (Fsp3) is 0.471. The number of aryl methyl sites for hydroxylation is 1. The lowest BCUT2D eigenvalue weighted by atomic mass is 9.92. The molecule has 1 atom stereocenters. The standard InChI is InChI=1S/C17H22N2O/c1-5-14(3)19(4)16(20)18-12-17(10-11-17)15-9-7-6-8-13(15)2/h1,6-9,14H,10-12H2,2-4H3,(H,18,20). The molecule has 0 bridgehead atoms. The van der Waals surface area contributed by atoms with Crippen molar-refractivity contribution in [2.45, 2.75) is 38.1 Å². The average Bonchev–Trinajstić information content (AvgIpc) is 3.24. The molecule has 1 saturated carbocycles. The Hall–Kier alpha value is -1.95. The van der Waals surface area contributed by atoms with Gasteiger partial charge in [-0.2, -0.15) is 0 Å². The number of hydrogen-bond acceptors (Lipinski definition) is 1. The normalized spacial score (nSPS) is 16.9. The summed E-state index contributed by atoms with van der Waals surface area (Å²) in [5.74, 6) is 2.56. The molecule has 1 aliphatic carbocycles. The van der Waals surface area contributed by atoms with Gasteiger partial charge in [-0.25, -0.2) is 4.79 Å². The molecule has 0 radical (unpaired) electrons. The van der Waals surface area contributed by atoms with Gasteiger partial charge >= 0.3 is 6.03 Å². The van der Waals surface area contributed by atoms with Gasteiger partial charge in [0.1, 0.15) is 0 Å². The van der Waals surface area contributed by atoms with Crippen LogP contribution in [0.25, 0.3) is 0 Å². The quantitative estimate of drug-likeness (QED) is 0.838. The lowest BCUT2D eigenvalue weighted by Crippen LogP contribution is -2.44. The van der Waals surface area contributed by atoms with Gasteiger partial charge in [-0.1, -0.05) is 30.2 Å². The molecule has 20 heavy (non-hydrogen) atoms. The Balaban J connectivity index is 2.00. The maximum absolute atomic E-state index is 12.1. The van der Waals surface area contributed by atoms with Gasteiger partial charge in [0.15, 0.2) is 0 Å². The predicted octanol–water partition coefficient (Wildman–Crippen LogP) is 2.69. The molecule has 2 rings (SSSR count). The van der Waals surface area contributed by atoms with Gasteiger partial charge in [-0.05, 0) is 37.8 Å². The smallest absolute Gasteiger partial charge is 0.318 e. The molecule has 3 nitrogen and oxygen atoms in total. The van der Waals surface area contributed by atoms with E-state index >= 15 is 0 Å². The minimum Gasteiger partial charge on any atom is -0.337 e. The summed E-state index contributed by atoms with van der Waals surface area (Å²) in [4.78, 5) is 13.6. The van der Waals surface area contributed by atoms with E-state index in [9.17, 15) is 4.79 Å². The molecule has 1 aromatic rings. The van der Waals surface area contributed by atoms with Crippen molar-refractivity contribution >= 4 is 6.03 Å². The first-order valence-corrected chi connectivity index (χ1v) is 7.03. The van der Waals surface area contributed by atoms with Crippen LogP contribution in [0.1, 0.15) is 30.9 Å². The molecule has 2 amide bonds. The Kier molecular flexibility index (Phi) is 4.04. The summed E-state index contributed by atoms with van der Waals surface area (Å²) in [5, 5.41) is 3.02. The second-order valence-electron chi connectivity index (χ2n) is 5.71. The molecular formula is C17H22N2O. The highest BCUT2D eigenvalue weighted by molar-refractivity contribution is 5.74. The van der Waals surface area contributed by atoms with E-state index in [-0.39, 0.29) is 17.5 Å². The molecule has 0 heterocycles. The minimum absolute atomic E-state index is 0.102. The van der Waals surface area contributed by atoms with Crippen molar-refractivity contribution in [3.05, 3.63) is 35.4 Å². The highest BCUT2D eigenvalue weighted by atomic mass is 16.2. The maximum atomic E-state index is 12.1. The number of terminal acetylenes is 1. The number of nitrogens with one attached hydrogen (secondary N) is 1. The van der Waals surface area contributed by atoms with Crippen molar-refractivity contribution in [2.75, 3.05) is 13.6 Å². The van der Waals surface area contributed by atoms with Crippen LogP contribution >= 0.6 is 0 Å². The van der Waals surface area contributed by atoms with Crippen LogP contribution < -0.4 is 5.32 Å². The third-order valence-electron chi connectivity index (χ3n) is 4.29. The second-order valence-corrected chi connectivity index (χ2v) is 5.71. The molecular weight excluding hydrogens is 248 g/mol. The second kappa shape index (κ2) is 5.58. The van der Waals surface area contributed by atoms with Crippen LogP contribution in [-0.2, 0) is 5.41 Å². The molecule has 1 fully saturated rings. The number of amides is 2. The zero-order valence-corrected chi connectivity index (χ0v) is 12.4. The predicted molar refractivity (Wildman–Crippen MR) is 81.5 cm³/mol. The van der Waals surface area contributed by atoms with Crippen LogP contribution in [-0.4, -0.2) is 30.6 Å². The van der Waals surface area contributed by atoms with Crippen molar-refractivity contribution in [3.63, 3.8) is 0 Å². The number of urea groups is 1. The van der Waals surface area contributed by atoms with Gasteiger partial charge in [0.2, 0.25) is 0 Å². The molecule has 1 N–H and O–H groups in total. The van der Waals surface area contributed by atoms with Crippen LogP contribution in [0.4, 0.5) is 4.79 Å². The Labute approximate surface area is 121 Å². The van der Waals surface area contributed by atoms with Gasteiger partial charge in [-0.3, -0.25) is 0 Å². The maximum Gasteiger partial charge on any atom is 0.318 e. The summed E-state index contributed by atoms with van der Waals surface area (Å²) in [6.45, 7) is 4.65. The molecule has 1 aliphatic rings. The van der Waals surface area contributed by atoms with E-state index in [0.717, 1.165) is 12.8 Å². The number of hydrogen-bond donors (Lipinski definition) is 1. The number of carbonyl (C=O) groups is 1. The van der Waals surface area contributed by atoms with E-state index in [0.29, 0.717) is 6.54 Å². The van der Waals surface area contributed by atoms with Crippen LogP contribution in [0.3, 0.4) is 0 Å². The summed E-state index contributed by atoms with van der Waals surface area (Å²) in [7, 11) is 1.73. The fourth-order valence-corrected chi connectivity index (χ4v) is 2.52. The number of benzene rings is 1. The summed E-state index contributed by atoms with van der Waals surface area (Å²) < 4.78 is 0. The SMILES string of the molecule is C#CC(C)N(C)C(=O)NCC1(c2ccccc2C)CC1. The van der Waals surface area contributed by atoms with Gasteiger partial charge in [-0.15, -0.1) is 6.42 Å². The van der Waals surface area contributed by atoms with E-state index in [1.54, 1.807) is 11.9 Å². The van der Waals surface area contributed by atoms with Crippen LogP contribution in [0.2, 0.25) is 0 Å². The van der Waals surface area contributed by atoms with E-state index in [4.69, 9.17) is 6.42 Å². The highest BCUT2D eigenvalue weighted by Crippen LogP contribution is 2.48. The third kappa shape index (κ3) is 2.80. The third-order valence-corrected chi connectivity index (χ3v) is 4.29. The Morgan fingerprint density at radius 1 is 1.50 bits per heavy atom. The van der Waals surface area contributed by atoms with Crippen LogP contribution in [0.5, 0.6) is 0 Å². The molecule has 1 aromatic carbocycles. The van der Waals surface area contributed by atoms with E-state index in [1.165, 1.54) is 11.1 Å². The lowest BCUT2D eigenvalue weighted by Gasteiger charge is -2.24. The Morgan fingerprint density at radius 2 is 2.15 bits per heavy atom. The fourth-order valence-electron chi connectivity index (χ4n) is 2.52. The van der Waals surface area contributed by atoms with E-state index in [2.05, 4.69) is 42.4 Å². The van der Waals surface area contributed by atoms with Gasteiger partial charge in [0.05, 0.1) is 6.04 Å². The molecule has 0 aromatic heterocycles. The Morgan fingerprint density at radius 3 is 2.70 bits per heavy atom. The largest absolute Gasteiger partial charge is 0.337 e. The summed E-state index contributed by atoms with van der Waals surface area (Å²) in [6, 6.07) is 8.12. The molecule has 0 aliphatic heterocycles. The molecule has 106 valence electrons. The van der Waals surface area contributed by atoms with Crippen LogP contribution in [0.15, 0.2) is 24.3 Å². The average molecular weight is 270 g/mol. The molecule has 1 unspecified atom stereocenters. The van der Waals surface area contributed by atoms with Gasteiger partial charge < -0.3 is 10.2 Å². The summed E-state index contributed by atoms with van der Waals surface area (Å²) in [5.41, 5.74) is 2.78. The van der Waals surface area contributed by atoms with E-state index in [1.807, 2.05) is 6.92 Å². The molecule has 3 heteroatoms. The molecule has 0 saturated heterocycles. The number of nitrogens with zero attached hydrogens (tertiary/aromatic N) is 1. The van der Waals surface area contributed by atoms with Crippen molar-refractivity contribution in [1.82, 2.24) is 10.2 Å². The minimum atomic E-state index is -0.191. The lowest BCUT2D eigenvalue weighted by molar-refractivity contribution is 0.202. The number of carbonyl (C=O) groups excluding carboxylic acids is 1. The first kappa shape index (κ1) is 14.5. The summed E-state index contributed by atoms with van der Waals surface area (Å²) >= 11 is 0. The monoisotopic (exact) mass is 270 g/mol. The van der Waals surface area contributed by atoms with E-state index < -0.39 is 0 Å². The van der Waals surface area contributed by atoms with Gasteiger partial charge in [0.25, 0.3) is 0 Å². The van der Waals surface area contributed by atoms with Crippen molar-refractivity contribution < 1.29 is 4.79 Å². The van der Waals surface area contributed by atoms with Crippen molar-refractivity contribution in [3.8, 4) is 12.3 Å². The Bertz CT molecular complexity index is 540. The molecule has 0 spiro atoms. The van der Waals surface area contributed by atoms with Crippen LogP contribution in [0, 0.1) is 19.3 Å². The zero-order valence-electron chi connectivity index (χ0n) is 12.4. The first-order valence-electron chi connectivity index (χ1n) is 7.03. The first-order chi connectivity index (χ1) is 9.50. The summed E-state index contributed by atoms with van der Waals surface area (Å²) in [6.07, 6.45) is 7.61. The topological polar surface area (TPSA) is 32.3 Å². The van der Waals surface area contributed by atoms with Gasteiger partial charge in [0, 0.05) is 19.0 Å². The van der Waals surface area contributed by atoms with Crippen molar-refractivity contribution in [1.29, 1.82) is 0 Å². The van der Waals surface area contributed by atoms with Crippen molar-refractivity contribution in [2.24, 2.45) is 0 Å².